The lowest BCUT2D eigenvalue weighted by molar-refractivity contribution is -0.146. The first-order valence-corrected chi connectivity index (χ1v) is 24.3. The molecule has 0 aromatic heterocycles. The van der Waals surface area contributed by atoms with Gasteiger partial charge in [-0.25, -0.2) is 26.8 Å². The minimum absolute atomic E-state index is 0.0146. The first-order chi connectivity index (χ1) is 32.4. The maximum atomic E-state index is 13.5. The van der Waals surface area contributed by atoms with E-state index < -0.39 is 59.2 Å². The van der Waals surface area contributed by atoms with Crippen molar-refractivity contribution in [3.63, 3.8) is 0 Å². The minimum atomic E-state index is -5.09. The molecule has 7 rings (SSSR count). The molecular formula is C54H50F2O10S2. The van der Waals surface area contributed by atoms with Gasteiger partial charge in [0.1, 0.15) is 38.7 Å². The largest absolute Gasteiger partial charge is 0.748 e. The Kier molecular flexibility index (Phi) is 17.2. The molecule has 68 heavy (non-hydrogen) atoms. The number of carbonyl (C=O) groups excluding carboxylic acids is 2. The van der Waals surface area contributed by atoms with Crippen molar-refractivity contribution in [2.24, 2.45) is 0 Å². The van der Waals surface area contributed by atoms with Gasteiger partial charge in [-0.1, -0.05) is 91.0 Å². The number of aromatic hydroxyl groups is 1. The summed E-state index contributed by atoms with van der Waals surface area (Å²) in [7, 11) is -5.10. The van der Waals surface area contributed by atoms with Crippen LogP contribution in [0.1, 0.15) is 33.6 Å². The highest BCUT2D eigenvalue weighted by Gasteiger charge is 2.31. The van der Waals surface area contributed by atoms with Crippen molar-refractivity contribution in [1.82, 2.24) is 0 Å². The van der Waals surface area contributed by atoms with E-state index in [9.17, 15) is 36.4 Å². The second-order valence-electron chi connectivity index (χ2n) is 16.4. The predicted molar refractivity (Wildman–Crippen MR) is 258 cm³/mol. The van der Waals surface area contributed by atoms with Gasteiger partial charge in [0.05, 0.1) is 17.5 Å². The molecule has 1 N–H and O–H groups in total. The molecule has 7 aromatic carbocycles. The molecule has 14 heteroatoms. The third kappa shape index (κ3) is 16.1. The van der Waals surface area contributed by atoms with E-state index in [1.165, 1.54) is 14.7 Å². The molecule has 0 aliphatic carbocycles. The molecule has 0 fully saturated rings. The number of hydrogen-bond acceptors (Lipinski definition) is 10. The summed E-state index contributed by atoms with van der Waals surface area (Å²) in [6, 6.07) is 58.8. The van der Waals surface area contributed by atoms with Crippen LogP contribution in [0.3, 0.4) is 0 Å². The van der Waals surface area contributed by atoms with Crippen molar-refractivity contribution in [3.05, 3.63) is 182 Å². The number of benzene rings is 7. The first-order valence-electron chi connectivity index (χ1n) is 21.5. The van der Waals surface area contributed by atoms with E-state index in [4.69, 9.17) is 18.9 Å². The highest BCUT2D eigenvalue weighted by atomic mass is 32.2. The maximum Gasteiger partial charge on any atom is 0.514 e. The van der Waals surface area contributed by atoms with Crippen molar-refractivity contribution in [3.8, 4) is 50.6 Å². The van der Waals surface area contributed by atoms with Crippen molar-refractivity contribution >= 4 is 33.1 Å². The number of phenols is 1. The molecule has 10 nitrogen and oxygen atoms in total. The lowest BCUT2D eigenvalue weighted by Gasteiger charge is -2.18. The normalized spacial score (nSPS) is 11.5. The van der Waals surface area contributed by atoms with Gasteiger partial charge in [-0.3, -0.25) is 0 Å². The maximum absolute atomic E-state index is 13.5. The number of hydrogen-bond donors (Lipinski definition) is 1. The summed E-state index contributed by atoms with van der Waals surface area (Å²) in [5.74, 6) is -5.52. The van der Waals surface area contributed by atoms with E-state index in [1.54, 1.807) is 81.4 Å². The third-order valence-electron chi connectivity index (χ3n) is 9.73. The molecule has 0 unspecified atom stereocenters. The quantitative estimate of drug-likeness (QED) is 0.0326. The van der Waals surface area contributed by atoms with E-state index in [1.807, 2.05) is 30.3 Å². The van der Waals surface area contributed by atoms with Crippen molar-refractivity contribution in [2.45, 2.75) is 59.8 Å². The van der Waals surface area contributed by atoms with Crippen molar-refractivity contribution < 1.29 is 55.4 Å². The smallest absolute Gasteiger partial charge is 0.514 e. The Hall–Kier alpha value is -7.00. The van der Waals surface area contributed by atoms with Crippen LogP contribution < -0.4 is 9.47 Å². The van der Waals surface area contributed by atoms with Gasteiger partial charge in [0.15, 0.2) is 21.3 Å². The zero-order valence-electron chi connectivity index (χ0n) is 37.5. The van der Waals surface area contributed by atoms with Crippen LogP contribution in [0.2, 0.25) is 0 Å². The van der Waals surface area contributed by atoms with Crippen LogP contribution in [0.15, 0.2) is 197 Å². The Balaban J connectivity index is 0.000000330. The molecule has 0 atom stereocenters. The fourth-order valence-electron chi connectivity index (χ4n) is 6.72. The van der Waals surface area contributed by atoms with Gasteiger partial charge >= 0.3 is 12.1 Å². The summed E-state index contributed by atoms with van der Waals surface area (Å²) in [6.07, 6.45) is -2.07. The number of ether oxygens (including phenoxy) is 4. The summed E-state index contributed by atoms with van der Waals surface area (Å²) in [6.45, 7) is 4.35. The first kappa shape index (κ1) is 50.4. The minimum Gasteiger partial charge on any atom is -0.748 e. The molecule has 0 bridgehead atoms. The fraction of sp³-hybridized carbons (Fsp3) is 0.185. The van der Waals surface area contributed by atoms with Crippen molar-refractivity contribution in [2.75, 3.05) is 19.0 Å². The van der Waals surface area contributed by atoms with E-state index >= 15 is 0 Å². The van der Waals surface area contributed by atoms with E-state index in [-0.39, 0.29) is 23.1 Å². The number of phenolic OH excluding ortho intramolecular Hbond substituents is 1. The zero-order valence-corrected chi connectivity index (χ0v) is 39.2. The third-order valence-corrected chi connectivity index (χ3v) is 12.7. The Bertz CT molecular complexity index is 2730. The molecule has 7 aromatic rings. The second-order valence-corrected chi connectivity index (χ2v) is 19.8. The lowest BCUT2D eigenvalue weighted by Crippen LogP contribution is -2.28. The molecule has 352 valence electrons. The van der Waals surface area contributed by atoms with Crippen LogP contribution in [0.4, 0.5) is 13.6 Å². The fourth-order valence-corrected chi connectivity index (χ4v) is 9.48. The van der Waals surface area contributed by atoms with Crippen LogP contribution in [-0.2, 0) is 35.3 Å². The average Bonchev–Trinajstić information content (AvgIpc) is 3.30. The molecular weight excluding hydrogens is 911 g/mol. The van der Waals surface area contributed by atoms with Crippen LogP contribution in [0.25, 0.3) is 33.4 Å². The summed E-state index contributed by atoms with van der Waals surface area (Å²) >= 11 is 0. The topological polar surface area (TPSA) is 148 Å². The molecule has 0 saturated heterocycles. The molecule has 0 saturated carbocycles. The molecule has 0 radical (unpaired) electrons. The van der Waals surface area contributed by atoms with Crippen molar-refractivity contribution in [1.29, 1.82) is 0 Å². The molecule has 0 aliphatic heterocycles. The van der Waals surface area contributed by atoms with Gasteiger partial charge < -0.3 is 28.6 Å². The zero-order chi connectivity index (χ0) is 48.7. The van der Waals surface area contributed by atoms with Gasteiger partial charge in [0.25, 0.3) is 5.92 Å². The summed E-state index contributed by atoms with van der Waals surface area (Å²) in [5, 5.41) is 9.80. The monoisotopic (exact) mass is 960 g/mol. The number of carbonyl (C=O) groups is 2. The Morgan fingerprint density at radius 3 is 1.43 bits per heavy atom. The van der Waals surface area contributed by atoms with Gasteiger partial charge in [-0.15, -0.1) is 0 Å². The highest BCUT2D eigenvalue weighted by Crippen LogP contribution is 2.35. The number of esters is 1. The van der Waals surface area contributed by atoms with Crippen LogP contribution in [0.5, 0.6) is 17.2 Å². The average molecular weight is 961 g/mol. The van der Waals surface area contributed by atoms with Gasteiger partial charge in [0.2, 0.25) is 0 Å². The van der Waals surface area contributed by atoms with Gasteiger partial charge in [0, 0.05) is 6.42 Å². The highest BCUT2D eigenvalue weighted by molar-refractivity contribution is 7.97. The van der Waals surface area contributed by atoms with Gasteiger partial charge in [-0.2, -0.15) is 0 Å². The number of halogens is 2. The van der Waals surface area contributed by atoms with Gasteiger partial charge in [-0.05, 0) is 152 Å². The summed E-state index contributed by atoms with van der Waals surface area (Å²) in [5.41, 5.74) is 4.42. The number of rotatable bonds is 16. The number of alkyl halides is 2. The Labute approximate surface area is 398 Å². The van der Waals surface area contributed by atoms with E-state index in [0.717, 1.165) is 33.4 Å². The van der Waals surface area contributed by atoms with E-state index in [0.29, 0.717) is 11.5 Å². The molecule has 0 amide bonds. The molecule has 0 heterocycles. The van der Waals surface area contributed by atoms with Crippen LogP contribution >= 0.6 is 0 Å². The second kappa shape index (κ2) is 23.1. The predicted octanol–water partition coefficient (Wildman–Crippen LogP) is 12.4. The van der Waals surface area contributed by atoms with E-state index in [2.05, 4.69) is 91.0 Å². The standard InChI is InChI=1S/C36H36F2O10S.C18H15S/c1-35(2,3)48-34(41)47-32-15-9-26(10-16-32)29-20-27(24-5-11-30(39)12-6-24)19-28(21-29)25-7-13-31(14-8-25)46-22-33(40)45-18-4-17-36(37,38)23-49(42,43)44;1-4-10-16(11-5-1)19(17-12-6-2-7-13-17)18-14-8-3-9-15-18/h5-16,19-21,39H,4,17-18,22-23H2,1-3H3,(H,42,43,44);1-15H/q;+1/p-1. The molecule has 0 spiro atoms. The SMILES string of the molecule is CC(C)(C)OC(=O)Oc1ccc(-c2cc(-c3ccc(O)cc3)cc(-c3ccc(OCC(=O)OCCCC(F)(F)CS(=O)(=O)[O-])cc3)c2)cc1.c1ccc([S+](c2ccccc2)c2ccccc2)cc1. The molecule has 0 aliphatic rings. The summed E-state index contributed by atoms with van der Waals surface area (Å²) < 4.78 is 79.6. The Morgan fingerprint density at radius 1 is 0.603 bits per heavy atom. The lowest BCUT2D eigenvalue weighted by atomic mass is 9.93. The Morgan fingerprint density at radius 2 is 1.01 bits per heavy atom. The summed E-state index contributed by atoms with van der Waals surface area (Å²) in [4.78, 5) is 28.2. The van der Waals surface area contributed by atoms with Crippen LogP contribution in [0, 0.1) is 0 Å². The van der Waals surface area contributed by atoms with Crippen LogP contribution in [-0.4, -0.2) is 60.7 Å².